The lowest BCUT2D eigenvalue weighted by Gasteiger charge is -2.32. The van der Waals surface area contributed by atoms with Gasteiger partial charge in [-0.3, -0.25) is 0 Å². The van der Waals surface area contributed by atoms with Gasteiger partial charge in [0.1, 0.15) is 6.61 Å². The fourth-order valence-electron chi connectivity index (χ4n) is 3.09. The molecule has 0 saturated carbocycles. The molecule has 0 aromatic heterocycles. The second kappa shape index (κ2) is 9.91. The molecule has 0 bridgehead atoms. The Morgan fingerprint density at radius 2 is 1.81 bits per heavy atom. The van der Waals surface area contributed by atoms with E-state index in [0.717, 1.165) is 11.1 Å². The third-order valence-corrected chi connectivity index (χ3v) is 5.59. The summed E-state index contributed by atoms with van der Waals surface area (Å²) in [6.07, 6.45) is 1.31. The molecule has 1 saturated heterocycles. The van der Waals surface area contributed by atoms with Crippen LogP contribution in [-0.2, 0) is 20.7 Å². The van der Waals surface area contributed by atoms with Crippen molar-refractivity contribution in [1.29, 1.82) is 0 Å². The van der Waals surface area contributed by atoms with Crippen molar-refractivity contribution in [3.8, 4) is 0 Å². The predicted molar refractivity (Wildman–Crippen MR) is 124 cm³/mol. The lowest BCUT2D eigenvalue weighted by atomic mass is 9.77. The van der Waals surface area contributed by atoms with Crippen molar-refractivity contribution < 1.29 is 18.8 Å². The average molecular weight is 434 g/mol. The van der Waals surface area contributed by atoms with Crippen LogP contribution in [0.1, 0.15) is 38.8 Å². The number of carbonyl (C=O) groups excluding carboxylic acids is 1. The zero-order chi connectivity index (χ0) is 23.2. The number of benzene rings is 2. The van der Waals surface area contributed by atoms with Crippen LogP contribution in [-0.4, -0.2) is 31.0 Å². The summed E-state index contributed by atoms with van der Waals surface area (Å²) in [7, 11) is -0.655. The number of azide groups is 1. The summed E-state index contributed by atoms with van der Waals surface area (Å²) in [5.74, 6) is 0. The molecule has 166 valence electrons. The van der Waals surface area contributed by atoms with E-state index < -0.39 is 24.4 Å². The number of hydrogen-bond donors (Lipinski definition) is 1. The summed E-state index contributed by atoms with van der Waals surface area (Å²) in [6.45, 7) is 8.21. The third kappa shape index (κ3) is 5.91. The van der Waals surface area contributed by atoms with Crippen LogP contribution in [0.15, 0.2) is 65.2 Å². The number of nitrogens with one attached hydrogen (secondary N) is 1. The van der Waals surface area contributed by atoms with Crippen molar-refractivity contribution in [1.82, 2.24) is 5.32 Å². The van der Waals surface area contributed by atoms with Crippen LogP contribution >= 0.6 is 0 Å². The molecule has 2 aromatic rings. The first-order valence-electron chi connectivity index (χ1n) is 10.4. The smallest absolute Gasteiger partial charge is 0.445 e. The Hall–Kier alpha value is -3.26. The number of nitrogens with zero attached hydrogens (tertiary/aromatic N) is 3. The molecule has 8 nitrogen and oxygen atoms in total. The monoisotopic (exact) mass is 434 g/mol. The number of rotatable bonds is 7. The van der Waals surface area contributed by atoms with Gasteiger partial charge in [-0.25, -0.2) is 4.79 Å². The van der Waals surface area contributed by atoms with Crippen molar-refractivity contribution in [3.63, 3.8) is 0 Å². The molecule has 1 aliphatic rings. The van der Waals surface area contributed by atoms with Crippen LogP contribution in [0, 0.1) is 0 Å². The maximum absolute atomic E-state index is 12.3. The standard InChI is InChI=1S/C23H27BN4O4/c1-22(2)23(3,4)32-24(31-22)19(13-18-11-8-12-20(14-18)27-28-25)15-26-21(29)30-16-17-9-6-5-7-10-17/h5-14H,15-16H2,1-4H3,(H,26,29). The normalized spacial score (nSPS) is 16.9. The first-order valence-corrected chi connectivity index (χ1v) is 10.4. The van der Waals surface area contributed by atoms with Crippen molar-refractivity contribution in [2.75, 3.05) is 6.54 Å². The molecular weight excluding hydrogens is 407 g/mol. The van der Waals surface area contributed by atoms with E-state index in [1.54, 1.807) is 18.2 Å². The number of ether oxygens (including phenoxy) is 1. The quantitative estimate of drug-likeness (QED) is 0.266. The van der Waals surface area contributed by atoms with Gasteiger partial charge in [0.05, 0.1) is 11.2 Å². The van der Waals surface area contributed by atoms with Gasteiger partial charge in [0.25, 0.3) is 0 Å². The highest BCUT2D eigenvalue weighted by Gasteiger charge is 2.52. The lowest BCUT2D eigenvalue weighted by molar-refractivity contribution is 0.00578. The molecule has 0 atom stereocenters. The van der Waals surface area contributed by atoms with E-state index in [-0.39, 0.29) is 13.2 Å². The van der Waals surface area contributed by atoms with E-state index >= 15 is 0 Å². The first kappa shape index (κ1) is 23.4. The van der Waals surface area contributed by atoms with Gasteiger partial charge in [-0.2, -0.15) is 0 Å². The summed E-state index contributed by atoms with van der Waals surface area (Å²) in [5.41, 5.74) is 10.5. The number of amides is 1. The molecule has 0 spiro atoms. The Labute approximate surface area is 188 Å². The van der Waals surface area contributed by atoms with E-state index in [9.17, 15) is 4.79 Å². The highest BCUT2D eigenvalue weighted by Crippen LogP contribution is 2.38. The largest absolute Gasteiger partial charge is 0.492 e. The van der Waals surface area contributed by atoms with E-state index in [0.29, 0.717) is 11.2 Å². The molecule has 2 aromatic carbocycles. The minimum atomic E-state index is -0.655. The van der Waals surface area contributed by atoms with Crippen LogP contribution in [0.25, 0.3) is 16.5 Å². The molecule has 1 amide bonds. The van der Waals surface area contributed by atoms with Crippen LogP contribution in [0.2, 0.25) is 0 Å². The fraction of sp³-hybridized carbons (Fsp3) is 0.348. The first-order chi connectivity index (χ1) is 15.2. The Morgan fingerprint density at radius 1 is 1.12 bits per heavy atom. The van der Waals surface area contributed by atoms with E-state index in [4.69, 9.17) is 19.6 Å². The van der Waals surface area contributed by atoms with Gasteiger partial charge in [-0.15, -0.1) is 0 Å². The zero-order valence-electron chi connectivity index (χ0n) is 18.7. The fourth-order valence-corrected chi connectivity index (χ4v) is 3.09. The van der Waals surface area contributed by atoms with Gasteiger partial charge in [0.2, 0.25) is 0 Å². The molecule has 32 heavy (non-hydrogen) atoms. The second-order valence-corrected chi connectivity index (χ2v) is 8.51. The molecule has 9 heteroatoms. The topological polar surface area (TPSA) is 106 Å². The second-order valence-electron chi connectivity index (χ2n) is 8.51. The van der Waals surface area contributed by atoms with Gasteiger partial charge in [-0.05, 0) is 55.9 Å². The minimum absolute atomic E-state index is 0.163. The maximum Gasteiger partial charge on any atom is 0.492 e. The molecule has 1 N–H and O–H groups in total. The summed E-state index contributed by atoms with van der Waals surface area (Å²) in [6, 6.07) is 16.6. The van der Waals surface area contributed by atoms with Crippen LogP contribution in [0.5, 0.6) is 0 Å². The summed E-state index contributed by atoms with van der Waals surface area (Å²) < 4.78 is 17.7. The van der Waals surface area contributed by atoms with Gasteiger partial charge < -0.3 is 19.4 Å². The average Bonchev–Trinajstić information content (AvgIpc) is 2.97. The SMILES string of the molecule is CC1(C)OB(C(=Cc2cccc(N=[N+]=[N-])c2)CNC(=O)OCc2ccccc2)OC1(C)C. The van der Waals surface area contributed by atoms with Crippen molar-refractivity contribution in [3.05, 3.63) is 81.6 Å². The molecule has 1 heterocycles. The molecular formula is C23H27BN4O4. The molecule has 0 unspecified atom stereocenters. The number of alkyl carbamates (subject to hydrolysis) is 1. The van der Waals surface area contributed by atoms with E-state index in [1.807, 2.05) is 70.2 Å². The van der Waals surface area contributed by atoms with Gasteiger partial charge >= 0.3 is 13.2 Å². The highest BCUT2D eigenvalue weighted by atomic mass is 16.7. The Balaban J connectivity index is 1.76. The predicted octanol–water partition coefficient (Wildman–Crippen LogP) is 5.57. The highest BCUT2D eigenvalue weighted by molar-refractivity contribution is 6.56. The lowest BCUT2D eigenvalue weighted by Crippen LogP contribution is -2.41. The summed E-state index contributed by atoms with van der Waals surface area (Å²) in [4.78, 5) is 15.1. The Morgan fingerprint density at radius 3 is 2.47 bits per heavy atom. The van der Waals surface area contributed by atoms with Crippen LogP contribution in [0.3, 0.4) is 0 Å². The van der Waals surface area contributed by atoms with E-state index in [1.165, 1.54) is 0 Å². The minimum Gasteiger partial charge on any atom is -0.445 e. The molecule has 3 rings (SSSR count). The summed E-state index contributed by atoms with van der Waals surface area (Å²) >= 11 is 0. The molecule has 0 radical (unpaired) electrons. The Kier molecular flexibility index (Phi) is 7.25. The number of carbonyl (C=O) groups is 1. The van der Waals surface area contributed by atoms with Crippen molar-refractivity contribution in [2.45, 2.75) is 45.5 Å². The van der Waals surface area contributed by atoms with Gasteiger partial charge in [-0.1, -0.05) is 59.7 Å². The van der Waals surface area contributed by atoms with Crippen LogP contribution < -0.4 is 5.32 Å². The van der Waals surface area contributed by atoms with Crippen molar-refractivity contribution >= 4 is 25.0 Å². The van der Waals surface area contributed by atoms with Crippen LogP contribution in [0.4, 0.5) is 10.5 Å². The maximum atomic E-state index is 12.3. The molecule has 1 aliphatic heterocycles. The molecule has 0 aliphatic carbocycles. The zero-order valence-corrected chi connectivity index (χ0v) is 18.7. The Bertz CT molecular complexity index is 1020. The van der Waals surface area contributed by atoms with Gasteiger partial charge in [0, 0.05) is 17.1 Å². The van der Waals surface area contributed by atoms with Crippen molar-refractivity contribution in [2.24, 2.45) is 5.11 Å². The summed E-state index contributed by atoms with van der Waals surface area (Å²) in [5, 5.41) is 6.42. The molecule has 1 fully saturated rings. The van der Waals surface area contributed by atoms with E-state index in [2.05, 4.69) is 15.3 Å². The number of hydrogen-bond acceptors (Lipinski definition) is 5. The third-order valence-electron chi connectivity index (χ3n) is 5.59. The van der Waals surface area contributed by atoms with Gasteiger partial charge in [0.15, 0.2) is 0 Å².